The number of piperazine rings is 1. The highest BCUT2D eigenvalue weighted by Crippen LogP contribution is 2.25. The Labute approximate surface area is 197 Å². The number of anilines is 1. The van der Waals surface area contributed by atoms with Gasteiger partial charge in [0, 0.05) is 37.3 Å². The maximum atomic E-state index is 12.8. The Kier molecular flexibility index (Phi) is 7.08. The van der Waals surface area contributed by atoms with Crippen LogP contribution in [0.2, 0.25) is 0 Å². The molecule has 8 nitrogen and oxygen atoms in total. The summed E-state index contributed by atoms with van der Waals surface area (Å²) in [5.41, 5.74) is 3.52. The van der Waals surface area contributed by atoms with E-state index >= 15 is 0 Å². The van der Waals surface area contributed by atoms with Crippen LogP contribution in [0.15, 0.2) is 60.9 Å². The number of hydrogen-bond donors (Lipinski definition) is 1. The lowest BCUT2D eigenvalue weighted by Gasteiger charge is -2.33. The third-order valence-electron chi connectivity index (χ3n) is 5.87. The van der Waals surface area contributed by atoms with Gasteiger partial charge in [-0.1, -0.05) is 30.3 Å². The minimum atomic E-state index is -1.61. The number of rotatable bonds is 8. The minimum Gasteiger partial charge on any atom is -0.475 e. The molecule has 174 valence electrons. The number of ketones is 2. The molecule has 1 aliphatic rings. The van der Waals surface area contributed by atoms with Gasteiger partial charge in [0.25, 0.3) is 0 Å². The molecule has 8 heteroatoms. The zero-order valence-electron chi connectivity index (χ0n) is 19.0. The highest BCUT2D eigenvalue weighted by atomic mass is 16.4. The zero-order chi connectivity index (χ0) is 24.1. The summed E-state index contributed by atoms with van der Waals surface area (Å²) in [6, 6.07) is 15.2. The lowest BCUT2D eigenvalue weighted by atomic mass is 9.95. The third-order valence-corrected chi connectivity index (χ3v) is 5.87. The predicted octanol–water partition coefficient (Wildman–Crippen LogP) is 2.71. The van der Waals surface area contributed by atoms with E-state index in [4.69, 9.17) is 10.1 Å². The van der Waals surface area contributed by atoms with E-state index in [1.807, 2.05) is 36.4 Å². The molecule has 0 bridgehead atoms. The van der Waals surface area contributed by atoms with Gasteiger partial charge in [0.2, 0.25) is 5.78 Å². The van der Waals surface area contributed by atoms with Crippen molar-refractivity contribution in [3.05, 3.63) is 77.6 Å². The van der Waals surface area contributed by atoms with Gasteiger partial charge in [-0.2, -0.15) is 0 Å². The first-order valence-electron chi connectivity index (χ1n) is 11.1. The molecular weight excluding hydrogens is 432 g/mol. The van der Waals surface area contributed by atoms with E-state index in [1.54, 1.807) is 24.5 Å². The van der Waals surface area contributed by atoms with Crippen LogP contribution in [0.1, 0.15) is 27.9 Å². The highest BCUT2D eigenvalue weighted by molar-refractivity contribution is 6.37. The Balaban J connectivity index is 1.69. The number of likely N-dealkylation sites (N-methyl/N-ethyl adjacent to an activating group) is 1. The summed E-state index contributed by atoms with van der Waals surface area (Å²) in [4.78, 5) is 49.0. The van der Waals surface area contributed by atoms with E-state index in [1.165, 1.54) is 0 Å². The summed E-state index contributed by atoms with van der Waals surface area (Å²) in [5.74, 6) is -2.50. The molecule has 2 aromatic carbocycles. The standard InChI is InChI=1S/C26H26N4O4/c1-29-7-9-30(10-8-29)25-17-27-16-22(28-25)20-12-19(11-18-5-3-2-4-6-18)13-21(14-20)23(31)15-24(32)26(33)34/h2-6,12-14,16-17H,7-11,15H2,1H3,(H,33,34). The molecule has 3 aromatic rings. The van der Waals surface area contributed by atoms with E-state index in [2.05, 4.69) is 21.8 Å². The number of aromatic nitrogens is 2. The van der Waals surface area contributed by atoms with Gasteiger partial charge in [0.1, 0.15) is 5.82 Å². The van der Waals surface area contributed by atoms with Crippen molar-refractivity contribution in [3.63, 3.8) is 0 Å². The molecular formula is C26H26N4O4. The lowest BCUT2D eigenvalue weighted by molar-refractivity contribution is -0.148. The highest BCUT2D eigenvalue weighted by Gasteiger charge is 2.20. The maximum absolute atomic E-state index is 12.8. The molecule has 1 aromatic heterocycles. The summed E-state index contributed by atoms with van der Waals surface area (Å²) >= 11 is 0. The van der Waals surface area contributed by atoms with Crippen LogP contribution in [0.4, 0.5) is 5.82 Å². The van der Waals surface area contributed by atoms with Crippen molar-refractivity contribution in [2.45, 2.75) is 12.8 Å². The number of carbonyl (C=O) groups excluding carboxylic acids is 2. The van der Waals surface area contributed by atoms with Gasteiger partial charge in [0.05, 0.1) is 24.5 Å². The topological polar surface area (TPSA) is 104 Å². The number of carboxylic acids is 1. The van der Waals surface area contributed by atoms with E-state index < -0.39 is 24.0 Å². The quantitative estimate of drug-likeness (QED) is 0.312. The summed E-state index contributed by atoms with van der Waals surface area (Å²) in [7, 11) is 2.09. The minimum absolute atomic E-state index is 0.282. The van der Waals surface area contributed by atoms with Crippen molar-refractivity contribution in [2.24, 2.45) is 0 Å². The second-order valence-electron chi connectivity index (χ2n) is 8.46. The third kappa shape index (κ3) is 5.71. The van der Waals surface area contributed by atoms with Gasteiger partial charge in [-0.3, -0.25) is 14.6 Å². The maximum Gasteiger partial charge on any atom is 0.372 e. The molecule has 1 N–H and O–H groups in total. The first kappa shape index (κ1) is 23.3. The first-order valence-corrected chi connectivity index (χ1v) is 11.1. The SMILES string of the molecule is CN1CCN(c2cncc(-c3cc(Cc4ccccc4)cc(C(=O)CC(=O)C(=O)O)c3)n2)CC1. The van der Waals surface area contributed by atoms with Crippen molar-refractivity contribution in [3.8, 4) is 11.3 Å². The first-order chi connectivity index (χ1) is 16.4. The van der Waals surface area contributed by atoms with Crippen molar-refractivity contribution < 1.29 is 19.5 Å². The zero-order valence-corrected chi connectivity index (χ0v) is 19.0. The Morgan fingerprint density at radius 2 is 1.68 bits per heavy atom. The number of benzene rings is 2. The second-order valence-corrected chi connectivity index (χ2v) is 8.46. The monoisotopic (exact) mass is 458 g/mol. The van der Waals surface area contributed by atoms with Crippen LogP contribution >= 0.6 is 0 Å². The number of hydrogen-bond acceptors (Lipinski definition) is 7. The van der Waals surface area contributed by atoms with Gasteiger partial charge < -0.3 is 14.9 Å². The van der Waals surface area contributed by atoms with Crippen LogP contribution in [0.3, 0.4) is 0 Å². The van der Waals surface area contributed by atoms with Gasteiger partial charge in [0.15, 0.2) is 5.78 Å². The van der Waals surface area contributed by atoms with Crippen LogP contribution in [0.25, 0.3) is 11.3 Å². The average molecular weight is 459 g/mol. The molecule has 2 heterocycles. The molecule has 1 saturated heterocycles. The number of aliphatic carboxylic acids is 1. The summed E-state index contributed by atoms with van der Waals surface area (Å²) in [6.45, 7) is 3.58. The second kappa shape index (κ2) is 10.4. The smallest absolute Gasteiger partial charge is 0.372 e. The van der Waals surface area contributed by atoms with Crippen LogP contribution < -0.4 is 4.90 Å². The largest absolute Gasteiger partial charge is 0.475 e. The Morgan fingerprint density at radius 3 is 2.38 bits per heavy atom. The molecule has 0 spiro atoms. The van der Waals surface area contributed by atoms with Crippen molar-refractivity contribution in [1.82, 2.24) is 14.9 Å². The van der Waals surface area contributed by atoms with E-state index in [-0.39, 0.29) is 5.56 Å². The van der Waals surface area contributed by atoms with Gasteiger partial charge in [-0.15, -0.1) is 0 Å². The van der Waals surface area contributed by atoms with Crippen molar-refractivity contribution in [1.29, 1.82) is 0 Å². The van der Waals surface area contributed by atoms with Gasteiger partial charge >= 0.3 is 5.97 Å². The van der Waals surface area contributed by atoms with E-state index in [9.17, 15) is 14.4 Å². The Bertz CT molecular complexity index is 1200. The molecule has 0 saturated carbocycles. The van der Waals surface area contributed by atoms with E-state index in [0.717, 1.165) is 43.1 Å². The number of carbonyl (C=O) groups is 3. The summed E-state index contributed by atoms with van der Waals surface area (Å²) in [5, 5.41) is 8.90. The lowest BCUT2D eigenvalue weighted by Crippen LogP contribution is -2.44. The van der Waals surface area contributed by atoms with Crippen LogP contribution in [0, 0.1) is 0 Å². The predicted molar refractivity (Wildman–Crippen MR) is 128 cm³/mol. The van der Waals surface area contributed by atoms with Gasteiger partial charge in [-0.05, 0) is 42.8 Å². The molecule has 1 fully saturated rings. The average Bonchev–Trinajstić information content (AvgIpc) is 2.85. The summed E-state index contributed by atoms with van der Waals surface area (Å²) in [6.07, 6.45) is 3.28. The molecule has 0 amide bonds. The van der Waals surface area contributed by atoms with Crippen LogP contribution in [-0.2, 0) is 16.0 Å². The number of nitrogens with zero attached hydrogens (tertiary/aromatic N) is 4. The molecule has 0 unspecified atom stereocenters. The number of Topliss-reactive ketones (excluding diaryl/α,β-unsaturated/α-hetero) is 2. The molecule has 4 rings (SSSR count). The normalized spacial score (nSPS) is 14.1. The van der Waals surface area contributed by atoms with E-state index in [0.29, 0.717) is 17.7 Å². The van der Waals surface area contributed by atoms with Crippen LogP contribution in [-0.4, -0.2) is 70.7 Å². The van der Waals surface area contributed by atoms with Crippen molar-refractivity contribution >= 4 is 23.4 Å². The molecule has 0 radical (unpaired) electrons. The van der Waals surface area contributed by atoms with Crippen molar-refractivity contribution in [2.75, 3.05) is 38.1 Å². The molecule has 0 atom stereocenters. The fourth-order valence-electron chi connectivity index (χ4n) is 3.94. The molecule has 1 aliphatic heterocycles. The molecule has 0 aliphatic carbocycles. The summed E-state index contributed by atoms with van der Waals surface area (Å²) < 4.78 is 0. The Morgan fingerprint density at radius 1 is 0.941 bits per heavy atom. The van der Waals surface area contributed by atoms with Crippen LogP contribution in [0.5, 0.6) is 0 Å². The number of carboxylic acid groups (broad SMARTS) is 1. The van der Waals surface area contributed by atoms with Gasteiger partial charge in [-0.25, -0.2) is 9.78 Å². The Hall–Kier alpha value is -3.91. The molecule has 34 heavy (non-hydrogen) atoms. The fourth-order valence-corrected chi connectivity index (χ4v) is 3.94. The fraction of sp³-hybridized carbons (Fsp3) is 0.269.